The Morgan fingerprint density at radius 3 is 0.971 bits per heavy atom. The lowest BCUT2D eigenvalue weighted by Gasteiger charge is -2.47. The van der Waals surface area contributed by atoms with Crippen LogP contribution in [0, 0.1) is 0 Å². The first-order valence-corrected chi connectivity index (χ1v) is 17.0. The highest BCUT2D eigenvalue weighted by molar-refractivity contribution is 7.61. The predicted octanol–water partition coefficient (Wildman–Crippen LogP) is -2.50. The molecule has 3 saturated heterocycles. The first-order chi connectivity index (χ1) is 15.3. The normalized spacial score (nSPS) is 60.5. The van der Waals surface area contributed by atoms with Crippen LogP contribution in [0.15, 0.2) is 0 Å². The lowest BCUT2D eigenvalue weighted by atomic mass is 9.85. The summed E-state index contributed by atoms with van der Waals surface area (Å²) in [4.78, 5) is 60.1. The van der Waals surface area contributed by atoms with E-state index in [2.05, 4.69) is 40.1 Å². The average molecular weight is 615 g/mol. The molecule has 34 heavy (non-hydrogen) atoms. The second kappa shape index (κ2) is 8.65. The van der Waals surface area contributed by atoms with Gasteiger partial charge in [0.25, 0.3) is 39.1 Å². The SMILES string of the molecule is COP1(=O)OC2C3OP(=O)([O-])OP(=O)([O-])OC3C3OP(=O)([O-])OP(=O)([O-])OC3C2OP(=O)([O-])O1. The van der Waals surface area contributed by atoms with Crippen LogP contribution in [0.5, 0.6) is 0 Å². The lowest BCUT2D eigenvalue weighted by Crippen LogP contribution is -2.66. The molecule has 27 heteroatoms. The van der Waals surface area contributed by atoms with Crippen LogP contribution < -0.4 is 24.5 Å². The van der Waals surface area contributed by atoms with Gasteiger partial charge in [-0.05, 0) is 0 Å². The minimum absolute atomic E-state index is 0.612. The molecule has 4 fully saturated rings. The van der Waals surface area contributed by atoms with Crippen LogP contribution in [0.1, 0.15) is 0 Å². The number of fused-ring (bicyclic) bond motifs is 6. The summed E-state index contributed by atoms with van der Waals surface area (Å²) in [6.07, 6.45) is -15.1. The molecule has 0 amide bonds. The molecule has 3 heterocycles. The van der Waals surface area contributed by atoms with Gasteiger partial charge in [0.05, 0.1) is 0 Å². The molecule has 0 N–H and O–H groups in total. The highest BCUT2D eigenvalue weighted by Crippen LogP contribution is 2.70. The van der Waals surface area contributed by atoms with Gasteiger partial charge < -0.3 is 47.1 Å². The van der Waals surface area contributed by atoms with Crippen molar-refractivity contribution < 1.29 is 96.5 Å². The maximum Gasteiger partial charge on any atom is 0.481 e. The predicted molar refractivity (Wildman–Crippen MR) is 85.1 cm³/mol. The highest BCUT2D eigenvalue weighted by atomic mass is 31.3. The van der Waals surface area contributed by atoms with Crippen LogP contribution in [-0.2, 0) is 72.0 Å². The number of hydrogen-bond donors (Lipinski definition) is 0. The summed E-state index contributed by atoms with van der Waals surface area (Å²) in [6.45, 7) is 0. The van der Waals surface area contributed by atoms with Crippen LogP contribution in [0.4, 0.5) is 0 Å². The third-order valence-electron chi connectivity index (χ3n) is 4.27. The van der Waals surface area contributed by atoms with Crippen molar-refractivity contribution in [1.29, 1.82) is 0 Å². The summed E-state index contributed by atoms with van der Waals surface area (Å²) in [7, 11) is -34.1. The molecule has 0 aromatic carbocycles. The maximum absolute atomic E-state index is 12.6. The van der Waals surface area contributed by atoms with Gasteiger partial charge in [0.15, 0.2) is 0 Å². The molecule has 0 aromatic rings. The van der Waals surface area contributed by atoms with Gasteiger partial charge in [-0.3, -0.25) is 31.9 Å². The fourth-order valence-electron chi connectivity index (χ4n) is 3.30. The van der Waals surface area contributed by atoms with E-state index in [9.17, 15) is 51.9 Å². The second-order valence-electron chi connectivity index (χ2n) is 6.53. The molecule has 1 saturated carbocycles. The number of hydrogen-bond acceptors (Lipinski definition) is 21. The smallest absolute Gasteiger partial charge is 0.481 e. The Morgan fingerprint density at radius 1 is 0.471 bits per heavy atom. The Labute approximate surface area is 187 Å². The van der Waals surface area contributed by atoms with Gasteiger partial charge in [-0.15, -0.1) is 0 Å². The van der Waals surface area contributed by atoms with Gasteiger partial charge in [0.2, 0.25) is 0 Å². The highest BCUT2D eigenvalue weighted by Gasteiger charge is 2.64. The fraction of sp³-hybridized carbons (Fsp3) is 1.00. The Hall–Kier alpha value is 0.780. The van der Waals surface area contributed by atoms with E-state index >= 15 is 0 Å². The van der Waals surface area contributed by atoms with E-state index in [0.717, 1.165) is 0 Å². The van der Waals surface area contributed by atoms with E-state index in [1.165, 1.54) is 0 Å². The van der Waals surface area contributed by atoms with Crippen molar-refractivity contribution in [2.75, 3.05) is 7.11 Å². The molecule has 4 rings (SSSR count). The van der Waals surface area contributed by atoms with E-state index in [-0.39, 0.29) is 0 Å². The van der Waals surface area contributed by atoms with Crippen molar-refractivity contribution in [3.8, 4) is 0 Å². The van der Waals surface area contributed by atoms with Crippen LogP contribution >= 0.6 is 46.9 Å². The summed E-state index contributed by atoms with van der Waals surface area (Å²) in [5.74, 6) is 0. The van der Waals surface area contributed by atoms with Crippen molar-refractivity contribution in [1.82, 2.24) is 0 Å². The topological polar surface area (TPSA) is 310 Å². The van der Waals surface area contributed by atoms with Crippen molar-refractivity contribution in [2.45, 2.75) is 36.6 Å². The molecule has 0 spiro atoms. The number of phosphoric ester groups is 6. The third kappa shape index (κ3) is 5.77. The fourth-order valence-corrected chi connectivity index (χ4v) is 10.7. The third-order valence-corrected chi connectivity index (χ3v) is 12.5. The molecule has 0 bridgehead atoms. The molecule has 21 nitrogen and oxygen atoms in total. The molecule has 0 aromatic heterocycles. The standard InChI is InChI=1S/C7H14O21P6/c1-19-34(18)25-7-5-3(21-30(10,11)27-32(14,15)23-5)2-4(6(7)24-33(16,17)28-34)22-31(12,13)26-29(8,9)20-2/h2-7H,1H3,(H,8,9)(H,10,11)(H,12,13)(H,14,15)(H,16,17)/p-5. The summed E-state index contributed by atoms with van der Waals surface area (Å²) in [5, 5.41) is 0. The Balaban J connectivity index is 1.92. The average Bonchev–Trinajstić information content (AvgIpc) is 2.83. The van der Waals surface area contributed by atoms with Gasteiger partial charge in [0, 0.05) is 7.11 Å². The van der Waals surface area contributed by atoms with Crippen LogP contribution in [0.25, 0.3) is 0 Å². The van der Waals surface area contributed by atoms with E-state index in [1.807, 2.05) is 0 Å². The molecule has 1 aliphatic carbocycles. The Bertz CT molecular complexity index is 1120. The Kier molecular flexibility index (Phi) is 7.07. The molecular formula is C7H9O21P6-5. The monoisotopic (exact) mass is 615 g/mol. The summed E-state index contributed by atoms with van der Waals surface area (Å²) in [5.41, 5.74) is 0. The largest absolute Gasteiger partial charge is 0.756 e. The van der Waals surface area contributed by atoms with Crippen LogP contribution in [-0.4, -0.2) is 43.7 Å². The lowest BCUT2D eigenvalue weighted by molar-refractivity contribution is -0.262. The van der Waals surface area contributed by atoms with Gasteiger partial charge in [-0.25, -0.2) is 17.5 Å². The quantitative estimate of drug-likeness (QED) is 0.275. The second-order valence-corrected chi connectivity index (χ2v) is 15.5. The van der Waals surface area contributed by atoms with Gasteiger partial charge >= 0.3 is 7.82 Å². The number of phosphoric acid groups is 6. The van der Waals surface area contributed by atoms with Gasteiger partial charge in [-0.2, -0.15) is 0 Å². The summed E-state index contributed by atoms with van der Waals surface area (Å²) < 4.78 is 116. The molecular weight excluding hydrogens is 606 g/mol. The molecule has 12 atom stereocenters. The van der Waals surface area contributed by atoms with Crippen molar-refractivity contribution in [3.05, 3.63) is 0 Å². The van der Waals surface area contributed by atoms with E-state index in [4.69, 9.17) is 4.52 Å². The zero-order valence-electron chi connectivity index (χ0n) is 15.7. The van der Waals surface area contributed by atoms with E-state index < -0.39 is 83.6 Å². The molecule has 3 aliphatic heterocycles. The van der Waals surface area contributed by atoms with E-state index in [1.54, 1.807) is 0 Å². The molecule has 0 radical (unpaired) electrons. The zero-order valence-corrected chi connectivity index (χ0v) is 21.1. The number of rotatable bonds is 1. The van der Waals surface area contributed by atoms with Crippen LogP contribution in [0.3, 0.4) is 0 Å². The molecule has 12 unspecified atom stereocenters. The van der Waals surface area contributed by atoms with Crippen molar-refractivity contribution in [2.24, 2.45) is 0 Å². The molecule has 4 aliphatic rings. The van der Waals surface area contributed by atoms with E-state index in [0.29, 0.717) is 7.11 Å². The molecule has 198 valence electrons. The Morgan fingerprint density at radius 2 is 0.706 bits per heavy atom. The summed E-state index contributed by atoms with van der Waals surface area (Å²) >= 11 is 0. The maximum atomic E-state index is 12.6. The first kappa shape index (κ1) is 27.8. The van der Waals surface area contributed by atoms with Gasteiger partial charge in [-0.1, -0.05) is 0 Å². The van der Waals surface area contributed by atoms with Gasteiger partial charge in [0.1, 0.15) is 36.6 Å². The first-order valence-electron chi connectivity index (χ1n) is 8.20. The minimum Gasteiger partial charge on any atom is -0.756 e. The zero-order chi connectivity index (χ0) is 25.5. The van der Waals surface area contributed by atoms with Crippen molar-refractivity contribution in [3.63, 3.8) is 0 Å². The van der Waals surface area contributed by atoms with Crippen LogP contribution in [0.2, 0.25) is 0 Å². The van der Waals surface area contributed by atoms with Crippen molar-refractivity contribution >= 4 is 46.9 Å². The minimum atomic E-state index is -5.93. The summed E-state index contributed by atoms with van der Waals surface area (Å²) in [6, 6.07) is 0.